The Morgan fingerprint density at radius 1 is 1.38 bits per heavy atom. The maximum Gasteiger partial charge on any atom is 0.0586 e. The largest absolute Gasteiger partial charge is 0.395 e. The molecule has 1 aliphatic rings. The van der Waals surface area contributed by atoms with E-state index in [0.29, 0.717) is 6.04 Å². The van der Waals surface area contributed by atoms with Crippen LogP contribution in [0.2, 0.25) is 0 Å². The summed E-state index contributed by atoms with van der Waals surface area (Å²) < 4.78 is 1.13. The van der Waals surface area contributed by atoms with Gasteiger partial charge in [-0.15, -0.1) is 0 Å². The summed E-state index contributed by atoms with van der Waals surface area (Å²) in [6.45, 7) is 2.34. The van der Waals surface area contributed by atoms with Gasteiger partial charge in [0.1, 0.15) is 0 Å². The average molecular weight is 284 g/mol. The van der Waals surface area contributed by atoms with E-state index < -0.39 is 0 Å². The van der Waals surface area contributed by atoms with Crippen molar-refractivity contribution in [2.45, 2.75) is 31.8 Å². The number of hydrogen-bond acceptors (Lipinski definition) is 2. The number of benzene rings is 1. The van der Waals surface area contributed by atoms with Crippen LogP contribution >= 0.6 is 15.9 Å². The predicted octanol–water partition coefficient (Wildman–Crippen LogP) is 2.80. The van der Waals surface area contributed by atoms with Crippen molar-refractivity contribution in [3.8, 4) is 0 Å². The Balaban J connectivity index is 2.02. The molecule has 0 aromatic heterocycles. The first-order valence-corrected chi connectivity index (χ1v) is 6.68. The summed E-state index contributed by atoms with van der Waals surface area (Å²) in [5.74, 6) is 0. The Bertz CT molecular complexity index is 342. The molecule has 16 heavy (non-hydrogen) atoms. The number of likely N-dealkylation sites (tertiary alicyclic amines) is 1. The number of nitrogens with zero attached hydrogens (tertiary/aromatic N) is 1. The van der Waals surface area contributed by atoms with Crippen LogP contribution in [0.5, 0.6) is 0 Å². The van der Waals surface area contributed by atoms with Gasteiger partial charge in [-0.1, -0.05) is 34.5 Å². The molecule has 1 heterocycles. The zero-order valence-corrected chi connectivity index (χ0v) is 11.0. The molecule has 0 saturated carbocycles. The van der Waals surface area contributed by atoms with Gasteiger partial charge in [-0.2, -0.15) is 0 Å². The fourth-order valence-electron chi connectivity index (χ4n) is 2.34. The van der Waals surface area contributed by atoms with E-state index in [1.165, 1.54) is 18.4 Å². The molecule has 2 nitrogen and oxygen atoms in total. The van der Waals surface area contributed by atoms with Crippen LogP contribution in [0.1, 0.15) is 24.8 Å². The SMILES string of the molecule is OCC1CCCCN1Cc1cccc(Br)c1. The monoisotopic (exact) mass is 283 g/mol. The molecule has 0 spiro atoms. The first-order valence-electron chi connectivity index (χ1n) is 5.89. The van der Waals surface area contributed by atoms with Crippen LogP contribution in [0.3, 0.4) is 0 Å². The zero-order valence-electron chi connectivity index (χ0n) is 9.40. The van der Waals surface area contributed by atoms with Gasteiger partial charge >= 0.3 is 0 Å². The first-order chi connectivity index (χ1) is 7.79. The topological polar surface area (TPSA) is 23.5 Å². The van der Waals surface area contributed by atoms with Gasteiger partial charge in [0.15, 0.2) is 0 Å². The fourth-order valence-corrected chi connectivity index (χ4v) is 2.79. The predicted molar refractivity (Wildman–Crippen MR) is 69.3 cm³/mol. The van der Waals surface area contributed by atoms with Crippen LogP contribution in [0.15, 0.2) is 28.7 Å². The summed E-state index contributed by atoms with van der Waals surface area (Å²) in [7, 11) is 0. The van der Waals surface area contributed by atoms with Crippen LogP contribution in [0.25, 0.3) is 0 Å². The lowest BCUT2D eigenvalue weighted by Crippen LogP contribution is -2.41. The smallest absolute Gasteiger partial charge is 0.0586 e. The highest BCUT2D eigenvalue weighted by molar-refractivity contribution is 9.10. The second-order valence-corrected chi connectivity index (χ2v) is 5.35. The van der Waals surface area contributed by atoms with Gasteiger partial charge in [0.05, 0.1) is 6.61 Å². The summed E-state index contributed by atoms with van der Waals surface area (Å²) in [5.41, 5.74) is 1.31. The molecule has 0 aliphatic carbocycles. The van der Waals surface area contributed by atoms with Crippen molar-refractivity contribution in [3.05, 3.63) is 34.3 Å². The van der Waals surface area contributed by atoms with Crippen molar-refractivity contribution in [2.75, 3.05) is 13.2 Å². The van der Waals surface area contributed by atoms with Crippen molar-refractivity contribution in [3.63, 3.8) is 0 Å². The second kappa shape index (κ2) is 5.80. The molecular weight excluding hydrogens is 266 g/mol. The van der Waals surface area contributed by atoms with Crippen LogP contribution in [0, 0.1) is 0 Å². The zero-order chi connectivity index (χ0) is 11.4. The van der Waals surface area contributed by atoms with Gasteiger partial charge in [-0.25, -0.2) is 0 Å². The minimum absolute atomic E-state index is 0.286. The second-order valence-electron chi connectivity index (χ2n) is 4.43. The lowest BCUT2D eigenvalue weighted by molar-refractivity contribution is 0.0841. The standard InChI is InChI=1S/C13H18BrNO/c14-12-5-3-4-11(8-12)9-15-7-2-1-6-13(15)10-16/h3-5,8,13,16H,1-2,6-7,9-10H2. The number of halogens is 1. The van der Waals surface area contributed by atoms with Gasteiger partial charge in [0, 0.05) is 17.1 Å². The molecule has 1 aromatic carbocycles. The lowest BCUT2D eigenvalue weighted by Gasteiger charge is -2.34. The van der Waals surface area contributed by atoms with Crippen LogP contribution in [-0.4, -0.2) is 29.2 Å². The van der Waals surface area contributed by atoms with Crippen molar-refractivity contribution < 1.29 is 5.11 Å². The normalized spacial score (nSPS) is 22.2. The highest BCUT2D eigenvalue weighted by atomic mass is 79.9. The Kier molecular flexibility index (Phi) is 4.38. The summed E-state index contributed by atoms with van der Waals surface area (Å²) in [4.78, 5) is 2.39. The average Bonchev–Trinajstić information content (AvgIpc) is 2.30. The molecule has 0 bridgehead atoms. The van der Waals surface area contributed by atoms with E-state index in [1.807, 2.05) is 6.07 Å². The number of aliphatic hydroxyl groups is 1. The quantitative estimate of drug-likeness (QED) is 0.922. The van der Waals surface area contributed by atoms with E-state index in [-0.39, 0.29) is 6.61 Å². The van der Waals surface area contributed by atoms with Crippen molar-refractivity contribution >= 4 is 15.9 Å². The van der Waals surface area contributed by atoms with Gasteiger partial charge in [-0.05, 0) is 37.1 Å². The Labute approximate surface area is 105 Å². The summed E-state index contributed by atoms with van der Waals surface area (Å²) in [6, 6.07) is 8.77. The molecule has 1 fully saturated rings. The van der Waals surface area contributed by atoms with E-state index in [4.69, 9.17) is 0 Å². The molecular formula is C13H18BrNO. The molecule has 88 valence electrons. The highest BCUT2D eigenvalue weighted by Crippen LogP contribution is 2.20. The third-order valence-corrected chi connectivity index (χ3v) is 3.73. The fraction of sp³-hybridized carbons (Fsp3) is 0.538. The molecule has 0 amide bonds. The number of aliphatic hydroxyl groups excluding tert-OH is 1. The molecule has 1 saturated heterocycles. The van der Waals surface area contributed by atoms with Gasteiger partial charge in [0.25, 0.3) is 0 Å². The third kappa shape index (κ3) is 3.06. The summed E-state index contributed by atoms with van der Waals surface area (Å²) in [6.07, 6.45) is 3.63. The van der Waals surface area contributed by atoms with Gasteiger partial charge in [-0.3, -0.25) is 4.90 Å². The van der Waals surface area contributed by atoms with Crippen LogP contribution < -0.4 is 0 Å². The van der Waals surface area contributed by atoms with Gasteiger partial charge in [0.2, 0.25) is 0 Å². The lowest BCUT2D eigenvalue weighted by atomic mass is 10.0. The molecule has 1 N–H and O–H groups in total. The molecule has 1 aromatic rings. The van der Waals surface area contributed by atoms with E-state index in [1.54, 1.807) is 0 Å². The number of piperidine rings is 1. The van der Waals surface area contributed by atoms with Gasteiger partial charge < -0.3 is 5.11 Å². The first kappa shape index (κ1) is 12.1. The van der Waals surface area contributed by atoms with E-state index in [0.717, 1.165) is 24.0 Å². The molecule has 3 heteroatoms. The van der Waals surface area contributed by atoms with E-state index >= 15 is 0 Å². The van der Waals surface area contributed by atoms with Crippen LogP contribution in [0.4, 0.5) is 0 Å². The minimum atomic E-state index is 0.286. The summed E-state index contributed by atoms with van der Waals surface area (Å²) >= 11 is 3.49. The summed E-state index contributed by atoms with van der Waals surface area (Å²) in [5, 5.41) is 9.34. The Morgan fingerprint density at radius 2 is 2.25 bits per heavy atom. The van der Waals surface area contributed by atoms with Crippen molar-refractivity contribution in [1.29, 1.82) is 0 Å². The maximum atomic E-state index is 9.34. The molecule has 0 radical (unpaired) electrons. The van der Waals surface area contributed by atoms with Crippen molar-refractivity contribution in [2.24, 2.45) is 0 Å². The third-order valence-electron chi connectivity index (χ3n) is 3.23. The number of rotatable bonds is 3. The van der Waals surface area contributed by atoms with Crippen molar-refractivity contribution in [1.82, 2.24) is 4.90 Å². The number of hydrogen-bond donors (Lipinski definition) is 1. The molecule has 2 rings (SSSR count). The molecule has 1 atom stereocenters. The Morgan fingerprint density at radius 3 is 3.00 bits per heavy atom. The molecule has 1 aliphatic heterocycles. The molecule has 1 unspecified atom stereocenters. The Hall–Kier alpha value is -0.380. The highest BCUT2D eigenvalue weighted by Gasteiger charge is 2.21. The maximum absolute atomic E-state index is 9.34. The van der Waals surface area contributed by atoms with E-state index in [2.05, 4.69) is 39.0 Å². The van der Waals surface area contributed by atoms with Crippen LogP contribution in [-0.2, 0) is 6.54 Å². The van der Waals surface area contributed by atoms with E-state index in [9.17, 15) is 5.11 Å². The minimum Gasteiger partial charge on any atom is -0.395 e.